The van der Waals surface area contributed by atoms with Crippen LogP contribution in [0.4, 0.5) is 0 Å². The van der Waals surface area contributed by atoms with E-state index in [0.29, 0.717) is 65.4 Å². The topological polar surface area (TPSA) is 83.1 Å². The van der Waals surface area contributed by atoms with E-state index in [-0.39, 0.29) is 12.7 Å². The van der Waals surface area contributed by atoms with Crippen LogP contribution in [0.5, 0.6) is 11.5 Å². The fourth-order valence-corrected chi connectivity index (χ4v) is 4.92. The van der Waals surface area contributed by atoms with Gasteiger partial charge in [-0.2, -0.15) is 0 Å². The van der Waals surface area contributed by atoms with Gasteiger partial charge in [0.1, 0.15) is 23.2 Å². The molecule has 0 fully saturated rings. The molecule has 9 nitrogen and oxygen atoms in total. The van der Waals surface area contributed by atoms with Crippen molar-refractivity contribution in [2.24, 2.45) is 0 Å². The lowest BCUT2D eigenvalue weighted by Crippen LogP contribution is -2.38. The molecule has 0 amide bonds. The van der Waals surface area contributed by atoms with Crippen LogP contribution in [0.1, 0.15) is 16.7 Å². The number of hydrogen-bond acceptors (Lipinski definition) is 10. The number of rotatable bonds is 25. The molecule has 10 heteroatoms. The highest BCUT2D eigenvalue weighted by atomic mass is 32.2. The van der Waals surface area contributed by atoms with Crippen LogP contribution in [0.2, 0.25) is 0 Å². The maximum atomic E-state index is 7.01. The third-order valence-electron chi connectivity index (χ3n) is 6.92. The first-order valence-electron chi connectivity index (χ1n) is 15.1. The van der Waals surface area contributed by atoms with Gasteiger partial charge >= 0.3 is 0 Å². The summed E-state index contributed by atoms with van der Waals surface area (Å²) in [7, 11) is 4.97. The highest BCUT2D eigenvalue weighted by Crippen LogP contribution is 2.41. The fourth-order valence-electron chi connectivity index (χ4n) is 4.66. The predicted molar refractivity (Wildman–Crippen MR) is 177 cm³/mol. The second-order valence-corrected chi connectivity index (χ2v) is 10.7. The number of thioether (sulfide) groups is 1. The molecule has 0 heterocycles. The second-order valence-electron chi connectivity index (χ2n) is 9.92. The summed E-state index contributed by atoms with van der Waals surface area (Å²) in [5, 5.41) is 0. The van der Waals surface area contributed by atoms with Gasteiger partial charge in [0.25, 0.3) is 0 Å². The van der Waals surface area contributed by atoms with Gasteiger partial charge in [0.2, 0.25) is 0 Å². The van der Waals surface area contributed by atoms with E-state index in [9.17, 15) is 0 Å². The molecule has 0 aromatic heterocycles. The van der Waals surface area contributed by atoms with Crippen LogP contribution >= 0.6 is 11.8 Å². The third-order valence-corrected chi connectivity index (χ3v) is 7.32. The molecule has 1 atom stereocenters. The molecule has 3 aromatic rings. The molecule has 0 unspecified atom stereocenters. The molecule has 3 aromatic carbocycles. The van der Waals surface area contributed by atoms with Gasteiger partial charge in [0.15, 0.2) is 0 Å². The van der Waals surface area contributed by atoms with Crippen molar-refractivity contribution in [2.45, 2.75) is 11.7 Å². The minimum atomic E-state index is -0.942. The van der Waals surface area contributed by atoms with Gasteiger partial charge in [0.05, 0.1) is 86.2 Å². The Morgan fingerprint density at radius 1 is 0.556 bits per heavy atom. The maximum absolute atomic E-state index is 7.01. The lowest BCUT2D eigenvalue weighted by Gasteiger charge is -2.37. The number of hydrogen-bond donors (Lipinski definition) is 0. The molecule has 0 aliphatic rings. The van der Waals surface area contributed by atoms with Crippen molar-refractivity contribution in [2.75, 3.05) is 99.6 Å². The number of benzene rings is 3. The average Bonchev–Trinajstić information content (AvgIpc) is 3.09. The monoisotopic (exact) mass is 644 g/mol. The van der Waals surface area contributed by atoms with Gasteiger partial charge in [-0.15, -0.1) is 11.8 Å². The summed E-state index contributed by atoms with van der Waals surface area (Å²) in [6, 6.07) is 26.2. The van der Waals surface area contributed by atoms with Gasteiger partial charge in [-0.25, -0.2) is 0 Å². The van der Waals surface area contributed by atoms with E-state index in [2.05, 4.69) is 12.1 Å². The summed E-state index contributed by atoms with van der Waals surface area (Å²) in [6.07, 6.45) is 1.67. The Balaban J connectivity index is 1.71. The molecule has 0 spiro atoms. The van der Waals surface area contributed by atoms with Crippen LogP contribution in [-0.4, -0.2) is 106 Å². The first-order chi connectivity index (χ1) is 22.2. The molecular formula is C35H48O9S. The van der Waals surface area contributed by atoms with Crippen molar-refractivity contribution in [3.8, 4) is 11.5 Å². The molecule has 0 saturated heterocycles. The van der Waals surface area contributed by atoms with E-state index in [1.165, 1.54) is 0 Å². The van der Waals surface area contributed by atoms with Crippen LogP contribution in [0.25, 0.3) is 0 Å². The molecular weight excluding hydrogens is 596 g/mol. The minimum Gasteiger partial charge on any atom is -0.497 e. The zero-order valence-electron chi connectivity index (χ0n) is 26.9. The summed E-state index contributed by atoms with van der Waals surface area (Å²) < 4.78 is 51.7. The number of ether oxygens (including phenoxy) is 9. The minimum absolute atomic E-state index is 0.271. The molecule has 0 saturated carbocycles. The second kappa shape index (κ2) is 22.0. The molecule has 0 N–H and O–H groups in total. The van der Waals surface area contributed by atoms with Gasteiger partial charge in [0, 0.05) is 7.11 Å². The Morgan fingerprint density at radius 3 is 1.53 bits per heavy atom. The third kappa shape index (κ3) is 12.2. The maximum Gasteiger partial charge on any atom is 0.143 e. The highest BCUT2D eigenvalue weighted by Gasteiger charge is 2.38. The van der Waals surface area contributed by atoms with E-state index >= 15 is 0 Å². The van der Waals surface area contributed by atoms with E-state index in [1.807, 2.05) is 73.0 Å². The largest absolute Gasteiger partial charge is 0.497 e. The van der Waals surface area contributed by atoms with Crippen molar-refractivity contribution >= 4 is 11.8 Å². The summed E-state index contributed by atoms with van der Waals surface area (Å²) >= 11 is 1.62. The zero-order valence-corrected chi connectivity index (χ0v) is 27.8. The van der Waals surface area contributed by atoms with Crippen LogP contribution in [0.15, 0.2) is 78.9 Å². The van der Waals surface area contributed by atoms with Gasteiger partial charge in [-0.05, 0) is 47.2 Å². The molecule has 0 bridgehead atoms. The van der Waals surface area contributed by atoms with Crippen molar-refractivity contribution in [3.63, 3.8) is 0 Å². The smallest absolute Gasteiger partial charge is 0.143 e. The first kappa shape index (κ1) is 36.8. The fraction of sp³-hybridized carbons (Fsp3) is 0.486. The average molecular weight is 645 g/mol. The van der Waals surface area contributed by atoms with Crippen LogP contribution in [0.3, 0.4) is 0 Å². The SMILES string of the molecule is COCCOCCOCCOCCO[C@H](COCSC)COC(c1ccccc1)(c1ccc(OC)cc1)c1ccc(OC)cc1. The van der Waals surface area contributed by atoms with E-state index in [4.69, 9.17) is 42.6 Å². The molecule has 3 rings (SSSR count). The van der Waals surface area contributed by atoms with Crippen LogP contribution < -0.4 is 9.47 Å². The normalized spacial score (nSPS) is 12.3. The Bertz CT molecular complexity index is 1100. The summed E-state index contributed by atoms with van der Waals surface area (Å²) in [5.74, 6) is 2.09. The van der Waals surface area contributed by atoms with Gasteiger partial charge < -0.3 is 42.6 Å². The Hall–Kier alpha value is -2.67. The quantitative estimate of drug-likeness (QED) is 0.0677. The van der Waals surface area contributed by atoms with E-state index in [1.54, 1.807) is 33.1 Å². The van der Waals surface area contributed by atoms with Crippen LogP contribution in [-0.2, 0) is 38.8 Å². The van der Waals surface area contributed by atoms with Crippen molar-refractivity contribution < 1.29 is 42.6 Å². The lowest BCUT2D eigenvalue weighted by atomic mass is 9.80. The van der Waals surface area contributed by atoms with Crippen molar-refractivity contribution in [3.05, 3.63) is 95.6 Å². The summed E-state index contributed by atoms with van der Waals surface area (Å²) in [4.78, 5) is 0. The van der Waals surface area contributed by atoms with Crippen molar-refractivity contribution in [1.29, 1.82) is 0 Å². The van der Waals surface area contributed by atoms with Crippen LogP contribution in [0, 0.1) is 0 Å². The Labute approximate surface area is 272 Å². The standard InChI is InChI=1S/C35H48O9S/c1-36-18-19-39-20-21-40-22-23-41-24-25-43-34(26-42-28-45-4)27-44-35(29-8-6-5-7-9-29,30-10-14-32(37-2)15-11-30)31-12-16-33(38-3)17-13-31/h5-17,34H,18-28H2,1-4H3/t34-/m1/s1. The summed E-state index contributed by atoms with van der Waals surface area (Å²) in [6.45, 7) is 4.60. The molecule has 0 aliphatic carbocycles. The lowest BCUT2D eigenvalue weighted by molar-refractivity contribution is -0.0975. The predicted octanol–water partition coefficient (Wildman–Crippen LogP) is 5.43. The zero-order chi connectivity index (χ0) is 32.0. The Morgan fingerprint density at radius 2 is 1.04 bits per heavy atom. The molecule has 0 aliphatic heterocycles. The molecule has 248 valence electrons. The first-order valence-corrected chi connectivity index (χ1v) is 16.5. The van der Waals surface area contributed by atoms with Crippen molar-refractivity contribution in [1.82, 2.24) is 0 Å². The van der Waals surface area contributed by atoms with Gasteiger partial charge in [-0.1, -0.05) is 54.6 Å². The number of methoxy groups -OCH3 is 3. The Kier molecular flexibility index (Phi) is 18.0. The van der Waals surface area contributed by atoms with E-state index < -0.39 is 5.60 Å². The van der Waals surface area contributed by atoms with E-state index in [0.717, 1.165) is 28.2 Å². The summed E-state index contributed by atoms with van der Waals surface area (Å²) in [5.41, 5.74) is 1.95. The highest BCUT2D eigenvalue weighted by molar-refractivity contribution is 7.98. The van der Waals surface area contributed by atoms with Gasteiger partial charge in [-0.3, -0.25) is 0 Å². The molecule has 0 radical (unpaired) electrons. The molecule has 45 heavy (non-hydrogen) atoms.